The predicted octanol–water partition coefficient (Wildman–Crippen LogP) is 2.66. The summed E-state index contributed by atoms with van der Waals surface area (Å²) < 4.78 is 5.65. The van der Waals surface area contributed by atoms with E-state index in [1.165, 1.54) is 0 Å². The largest absolute Gasteiger partial charge is 0.493 e. The number of hydrogen-bond acceptors (Lipinski definition) is 3. The van der Waals surface area contributed by atoms with Gasteiger partial charge in [0.1, 0.15) is 5.75 Å². The third kappa shape index (κ3) is 2.29. The van der Waals surface area contributed by atoms with Gasteiger partial charge in [0.05, 0.1) is 17.9 Å². The smallest absolute Gasteiger partial charge is 0.311 e. The Balaban J connectivity index is 1.59. The highest BCUT2D eigenvalue weighted by atomic mass is 16.5. The number of carbonyl (C=O) groups excluding carboxylic acids is 1. The molecule has 1 aromatic carbocycles. The molecular formula is C19H23NO4. The van der Waals surface area contributed by atoms with Crippen molar-refractivity contribution in [1.29, 1.82) is 0 Å². The third-order valence-corrected chi connectivity index (χ3v) is 6.11. The molecule has 5 heteroatoms. The Hall–Kier alpha value is -2.04. The first-order valence-electron chi connectivity index (χ1n) is 8.86. The van der Waals surface area contributed by atoms with Crippen LogP contribution in [-0.4, -0.2) is 41.6 Å². The first kappa shape index (κ1) is 15.5. The fourth-order valence-electron chi connectivity index (χ4n) is 4.79. The fraction of sp³-hybridized carbons (Fsp3) is 0.579. The topological polar surface area (TPSA) is 66.8 Å². The molecule has 1 saturated heterocycles. The molecule has 0 radical (unpaired) electrons. The molecule has 3 atom stereocenters. The van der Waals surface area contributed by atoms with Crippen LogP contribution in [-0.2, 0) is 9.59 Å². The van der Waals surface area contributed by atoms with Gasteiger partial charge in [-0.2, -0.15) is 0 Å². The van der Waals surface area contributed by atoms with Crippen LogP contribution >= 0.6 is 0 Å². The van der Waals surface area contributed by atoms with Crippen molar-refractivity contribution >= 4 is 11.9 Å². The highest BCUT2D eigenvalue weighted by Crippen LogP contribution is 2.48. The number of aliphatic carboxylic acids is 1. The molecule has 3 aliphatic rings. The van der Waals surface area contributed by atoms with Gasteiger partial charge in [-0.15, -0.1) is 0 Å². The van der Waals surface area contributed by atoms with E-state index in [2.05, 4.69) is 0 Å². The second kappa shape index (κ2) is 5.80. The van der Waals surface area contributed by atoms with Crippen LogP contribution in [0.5, 0.6) is 5.75 Å². The molecule has 0 bridgehead atoms. The number of carboxylic acids is 1. The van der Waals surface area contributed by atoms with E-state index < -0.39 is 11.4 Å². The summed E-state index contributed by atoms with van der Waals surface area (Å²) in [6.45, 7) is 1.49. The molecule has 1 aliphatic carbocycles. The van der Waals surface area contributed by atoms with E-state index in [0.717, 1.165) is 30.6 Å². The van der Waals surface area contributed by atoms with E-state index in [-0.39, 0.29) is 17.7 Å². The minimum Gasteiger partial charge on any atom is -0.493 e. The van der Waals surface area contributed by atoms with Crippen LogP contribution in [0.25, 0.3) is 0 Å². The van der Waals surface area contributed by atoms with E-state index in [1.54, 1.807) is 0 Å². The van der Waals surface area contributed by atoms with Gasteiger partial charge in [-0.05, 0) is 31.2 Å². The Bertz CT molecular complexity index is 673. The van der Waals surface area contributed by atoms with Crippen LogP contribution in [0.3, 0.4) is 0 Å². The Morgan fingerprint density at radius 1 is 1.21 bits per heavy atom. The van der Waals surface area contributed by atoms with Crippen molar-refractivity contribution in [2.24, 2.45) is 11.3 Å². The SMILES string of the molecule is O=C(C1CCOc2ccccc21)N1C[C@H]2CCCC[C@@]2(C(=O)O)C1. The molecule has 2 fully saturated rings. The van der Waals surface area contributed by atoms with Gasteiger partial charge in [-0.25, -0.2) is 0 Å². The van der Waals surface area contributed by atoms with Crippen LogP contribution in [0.2, 0.25) is 0 Å². The summed E-state index contributed by atoms with van der Waals surface area (Å²) in [4.78, 5) is 26.9. The van der Waals surface area contributed by atoms with Crippen molar-refractivity contribution in [2.45, 2.75) is 38.0 Å². The monoisotopic (exact) mass is 329 g/mol. The van der Waals surface area contributed by atoms with Crippen LogP contribution in [0.1, 0.15) is 43.6 Å². The number of carboxylic acid groups (broad SMARTS) is 1. The van der Waals surface area contributed by atoms with E-state index in [0.29, 0.717) is 32.5 Å². The summed E-state index contributed by atoms with van der Waals surface area (Å²) in [7, 11) is 0. The van der Waals surface area contributed by atoms with Gasteiger partial charge in [-0.3, -0.25) is 9.59 Å². The van der Waals surface area contributed by atoms with Gasteiger partial charge in [0, 0.05) is 18.7 Å². The zero-order chi connectivity index (χ0) is 16.7. The first-order chi connectivity index (χ1) is 11.6. The van der Waals surface area contributed by atoms with Gasteiger partial charge < -0.3 is 14.7 Å². The molecule has 0 spiro atoms. The van der Waals surface area contributed by atoms with E-state index in [4.69, 9.17) is 4.74 Å². The number of rotatable bonds is 2. The molecule has 1 aromatic rings. The summed E-state index contributed by atoms with van der Waals surface area (Å²) >= 11 is 0. The lowest BCUT2D eigenvalue weighted by Crippen LogP contribution is -2.42. The maximum atomic E-state index is 13.1. The molecule has 24 heavy (non-hydrogen) atoms. The van der Waals surface area contributed by atoms with Gasteiger partial charge in [-0.1, -0.05) is 31.0 Å². The highest BCUT2D eigenvalue weighted by molar-refractivity contribution is 5.87. The van der Waals surface area contributed by atoms with Gasteiger partial charge >= 0.3 is 5.97 Å². The Kier molecular flexibility index (Phi) is 3.74. The van der Waals surface area contributed by atoms with Crippen molar-refractivity contribution in [3.05, 3.63) is 29.8 Å². The lowest BCUT2D eigenvalue weighted by Gasteiger charge is -2.34. The van der Waals surface area contributed by atoms with Crippen LogP contribution in [0.4, 0.5) is 0 Å². The number of para-hydroxylation sites is 1. The van der Waals surface area contributed by atoms with Crippen molar-refractivity contribution in [3.8, 4) is 5.75 Å². The Morgan fingerprint density at radius 2 is 2.04 bits per heavy atom. The number of likely N-dealkylation sites (tertiary alicyclic amines) is 1. The van der Waals surface area contributed by atoms with Crippen molar-refractivity contribution in [1.82, 2.24) is 4.90 Å². The molecule has 0 aromatic heterocycles. The second-order valence-electron chi connectivity index (χ2n) is 7.35. The zero-order valence-corrected chi connectivity index (χ0v) is 13.7. The van der Waals surface area contributed by atoms with Crippen molar-refractivity contribution in [2.75, 3.05) is 19.7 Å². The van der Waals surface area contributed by atoms with Gasteiger partial charge in [0.2, 0.25) is 5.91 Å². The second-order valence-corrected chi connectivity index (χ2v) is 7.35. The average Bonchev–Trinajstić information content (AvgIpc) is 3.02. The first-order valence-corrected chi connectivity index (χ1v) is 8.86. The maximum Gasteiger partial charge on any atom is 0.311 e. The third-order valence-electron chi connectivity index (χ3n) is 6.11. The number of nitrogens with zero attached hydrogens (tertiary/aromatic N) is 1. The quantitative estimate of drug-likeness (QED) is 0.906. The van der Waals surface area contributed by atoms with Gasteiger partial charge in [0.15, 0.2) is 0 Å². The molecule has 2 heterocycles. The molecule has 1 amide bonds. The number of ether oxygens (including phenoxy) is 1. The zero-order valence-electron chi connectivity index (χ0n) is 13.7. The van der Waals surface area contributed by atoms with E-state index in [1.807, 2.05) is 29.2 Å². The van der Waals surface area contributed by atoms with E-state index >= 15 is 0 Å². The van der Waals surface area contributed by atoms with Crippen LogP contribution in [0, 0.1) is 11.3 Å². The summed E-state index contributed by atoms with van der Waals surface area (Å²) in [6.07, 6.45) is 4.30. The van der Waals surface area contributed by atoms with Crippen LogP contribution < -0.4 is 4.74 Å². The molecule has 1 unspecified atom stereocenters. The molecule has 1 saturated carbocycles. The summed E-state index contributed by atoms with van der Waals surface area (Å²) in [5.74, 6) is 0.0195. The minimum absolute atomic E-state index is 0.0702. The summed E-state index contributed by atoms with van der Waals surface area (Å²) in [5, 5.41) is 9.81. The maximum absolute atomic E-state index is 13.1. The number of amides is 1. The molecule has 128 valence electrons. The minimum atomic E-state index is -0.727. The number of hydrogen-bond donors (Lipinski definition) is 1. The lowest BCUT2D eigenvalue weighted by atomic mass is 9.68. The Labute approximate surface area is 141 Å². The number of carbonyl (C=O) groups is 2. The van der Waals surface area contributed by atoms with Crippen molar-refractivity contribution < 1.29 is 19.4 Å². The standard InChI is InChI=1S/C19H23NO4/c21-17(15-8-10-24-16-7-2-1-6-14(15)16)20-11-13-5-3-4-9-19(13,12-20)18(22)23/h1-2,6-7,13,15H,3-5,8-12H2,(H,22,23)/t13-,15?,19-/m1/s1. The molecule has 4 rings (SSSR count). The lowest BCUT2D eigenvalue weighted by molar-refractivity contribution is -0.152. The van der Waals surface area contributed by atoms with Crippen molar-refractivity contribution in [3.63, 3.8) is 0 Å². The molecule has 1 N–H and O–H groups in total. The van der Waals surface area contributed by atoms with Crippen LogP contribution in [0.15, 0.2) is 24.3 Å². The fourth-order valence-corrected chi connectivity index (χ4v) is 4.79. The Morgan fingerprint density at radius 3 is 2.83 bits per heavy atom. The number of fused-ring (bicyclic) bond motifs is 2. The number of benzene rings is 1. The normalized spacial score (nSPS) is 31.8. The highest BCUT2D eigenvalue weighted by Gasteiger charge is 2.54. The summed E-state index contributed by atoms with van der Waals surface area (Å²) in [6, 6.07) is 7.69. The molecule has 2 aliphatic heterocycles. The molecule has 5 nitrogen and oxygen atoms in total. The summed E-state index contributed by atoms with van der Waals surface area (Å²) in [5.41, 5.74) is 0.214. The molecular weight excluding hydrogens is 306 g/mol. The van der Waals surface area contributed by atoms with Gasteiger partial charge in [0.25, 0.3) is 0 Å². The predicted molar refractivity (Wildman–Crippen MR) is 87.9 cm³/mol. The average molecular weight is 329 g/mol. The van der Waals surface area contributed by atoms with E-state index in [9.17, 15) is 14.7 Å².